The Hall–Kier alpha value is -3.54. The molecule has 38 heavy (non-hydrogen) atoms. The van der Waals surface area contributed by atoms with Gasteiger partial charge in [0.1, 0.15) is 5.25 Å². The van der Waals surface area contributed by atoms with Crippen LogP contribution < -0.4 is 20.1 Å². The third-order valence-corrected chi connectivity index (χ3v) is 8.01. The maximum atomic E-state index is 13.3. The van der Waals surface area contributed by atoms with Crippen LogP contribution in [-0.4, -0.2) is 41.1 Å². The number of carbonyl (C=O) groups is 2. The molecule has 4 aromatic rings. The average Bonchev–Trinajstić information content (AvgIpc) is 3.39. The summed E-state index contributed by atoms with van der Waals surface area (Å²) in [5, 5.41) is 6.42. The first-order chi connectivity index (χ1) is 18.5. The maximum Gasteiger partial charge on any atom is 0.255 e. The summed E-state index contributed by atoms with van der Waals surface area (Å²) in [4.78, 5) is 31.3. The zero-order valence-corrected chi connectivity index (χ0v) is 23.4. The molecule has 4 rings (SSSR count). The molecule has 0 bridgehead atoms. The normalized spacial score (nSPS) is 11.4. The fraction of sp³-hybridized carbons (Fsp3) is 0.185. The monoisotopic (exact) mass is 566 g/mol. The average molecular weight is 567 g/mol. The van der Waals surface area contributed by atoms with Gasteiger partial charge in [0, 0.05) is 27.7 Å². The van der Waals surface area contributed by atoms with Crippen LogP contribution in [0.25, 0.3) is 0 Å². The molecule has 1 atom stereocenters. The number of methoxy groups -OCH3 is 2. The number of amides is 2. The summed E-state index contributed by atoms with van der Waals surface area (Å²) in [6.45, 7) is 2.03. The van der Waals surface area contributed by atoms with E-state index in [9.17, 15) is 9.59 Å². The molecule has 2 amide bonds. The molecule has 1 unspecified atom stereocenters. The predicted octanol–water partition coefficient (Wildman–Crippen LogP) is 6.39. The molecule has 0 fully saturated rings. The van der Waals surface area contributed by atoms with Crippen LogP contribution in [0.1, 0.15) is 28.1 Å². The number of ether oxygens (including phenoxy) is 2. The minimum absolute atomic E-state index is 0.184. The van der Waals surface area contributed by atoms with Crippen molar-refractivity contribution >= 4 is 57.7 Å². The highest BCUT2D eigenvalue weighted by Crippen LogP contribution is 2.37. The molecular weight excluding hydrogens is 541 g/mol. The number of nitrogens with one attached hydrogen (secondary N) is 2. The predicted molar refractivity (Wildman–Crippen MR) is 154 cm³/mol. The van der Waals surface area contributed by atoms with Crippen LogP contribution >= 0.6 is 35.1 Å². The number of hydrogen-bond donors (Lipinski definition) is 2. The molecule has 8 nitrogen and oxygen atoms in total. The Balaban J connectivity index is 1.46. The van der Waals surface area contributed by atoms with Crippen molar-refractivity contribution in [1.29, 1.82) is 0 Å². The van der Waals surface area contributed by atoms with E-state index in [0.717, 1.165) is 16.2 Å². The van der Waals surface area contributed by atoms with Gasteiger partial charge in [-0.2, -0.15) is 9.36 Å². The second-order valence-electron chi connectivity index (χ2n) is 7.76. The number of thioether (sulfide) groups is 2. The molecule has 196 valence electrons. The van der Waals surface area contributed by atoms with Gasteiger partial charge in [0.2, 0.25) is 16.2 Å². The lowest BCUT2D eigenvalue weighted by Gasteiger charge is -2.16. The van der Waals surface area contributed by atoms with Gasteiger partial charge < -0.3 is 14.8 Å². The fourth-order valence-corrected chi connectivity index (χ4v) is 5.75. The highest BCUT2D eigenvalue weighted by atomic mass is 32.2. The Labute approximate surface area is 233 Å². The van der Waals surface area contributed by atoms with E-state index < -0.39 is 5.25 Å². The van der Waals surface area contributed by atoms with E-state index in [2.05, 4.69) is 20.0 Å². The third kappa shape index (κ3) is 7.06. The Kier molecular flexibility index (Phi) is 9.63. The Morgan fingerprint density at radius 1 is 0.947 bits per heavy atom. The Morgan fingerprint density at radius 2 is 1.68 bits per heavy atom. The summed E-state index contributed by atoms with van der Waals surface area (Å²) >= 11 is 4.11. The van der Waals surface area contributed by atoms with Crippen LogP contribution in [0, 0.1) is 0 Å². The lowest BCUT2D eigenvalue weighted by Crippen LogP contribution is -2.19. The minimum Gasteiger partial charge on any atom is -0.493 e. The summed E-state index contributed by atoms with van der Waals surface area (Å²) in [5.41, 5.74) is 1.94. The highest BCUT2D eigenvalue weighted by Gasteiger charge is 2.23. The fourth-order valence-electron chi connectivity index (χ4n) is 3.45. The van der Waals surface area contributed by atoms with Gasteiger partial charge in [0.25, 0.3) is 5.91 Å². The van der Waals surface area contributed by atoms with Crippen molar-refractivity contribution in [3.8, 4) is 11.5 Å². The number of aromatic nitrogens is 2. The van der Waals surface area contributed by atoms with Crippen molar-refractivity contribution in [2.75, 3.05) is 30.6 Å². The van der Waals surface area contributed by atoms with Crippen molar-refractivity contribution in [2.24, 2.45) is 0 Å². The first-order valence-corrected chi connectivity index (χ1v) is 14.3. The molecular formula is C27H26N4O4S3. The van der Waals surface area contributed by atoms with E-state index in [-0.39, 0.29) is 11.8 Å². The zero-order chi connectivity index (χ0) is 26.9. The van der Waals surface area contributed by atoms with Gasteiger partial charge in [-0.25, -0.2) is 0 Å². The summed E-state index contributed by atoms with van der Waals surface area (Å²) in [6.07, 6.45) is 0. The van der Waals surface area contributed by atoms with Crippen LogP contribution in [0.4, 0.5) is 10.8 Å². The van der Waals surface area contributed by atoms with Crippen molar-refractivity contribution in [2.45, 2.75) is 22.2 Å². The zero-order valence-electron chi connectivity index (χ0n) is 21.0. The van der Waals surface area contributed by atoms with E-state index in [4.69, 9.17) is 9.47 Å². The first-order valence-electron chi connectivity index (χ1n) is 11.6. The van der Waals surface area contributed by atoms with Gasteiger partial charge in [-0.15, -0.1) is 11.8 Å². The molecule has 0 aliphatic carbocycles. The quantitative estimate of drug-likeness (QED) is 0.201. The van der Waals surface area contributed by atoms with Gasteiger partial charge in [-0.05, 0) is 53.8 Å². The van der Waals surface area contributed by atoms with E-state index in [1.165, 1.54) is 42.2 Å². The van der Waals surface area contributed by atoms with Gasteiger partial charge in [-0.1, -0.05) is 49.0 Å². The molecule has 0 aliphatic rings. The lowest BCUT2D eigenvalue weighted by molar-refractivity contribution is -0.115. The number of nitrogens with zero attached hydrogens (tertiary/aromatic N) is 2. The van der Waals surface area contributed by atoms with Gasteiger partial charge in [-0.3, -0.25) is 14.9 Å². The van der Waals surface area contributed by atoms with Crippen molar-refractivity contribution in [3.05, 3.63) is 83.9 Å². The summed E-state index contributed by atoms with van der Waals surface area (Å²) in [5.74, 6) is 1.43. The molecule has 0 saturated carbocycles. The smallest absolute Gasteiger partial charge is 0.255 e. The first kappa shape index (κ1) is 27.5. The van der Waals surface area contributed by atoms with E-state index in [1.54, 1.807) is 37.4 Å². The molecule has 3 aromatic carbocycles. The number of carbonyl (C=O) groups excluding carboxylic acids is 2. The van der Waals surface area contributed by atoms with Crippen molar-refractivity contribution < 1.29 is 19.1 Å². The third-order valence-electron chi connectivity index (χ3n) is 5.26. The van der Waals surface area contributed by atoms with Crippen LogP contribution in [0.3, 0.4) is 0 Å². The maximum absolute atomic E-state index is 13.3. The van der Waals surface area contributed by atoms with Gasteiger partial charge in [0.05, 0.1) is 14.2 Å². The molecule has 1 heterocycles. The van der Waals surface area contributed by atoms with E-state index >= 15 is 0 Å². The summed E-state index contributed by atoms with van der Waals surface area (Å²) < 4.78 is 14.8. The lowest BCUT2D eigenvalue weighted by atomic mass is 10.1. The molecule has 11 heteroatoms. The number of hydrogen-bond acceptors (Lipinski definition) is 9. The van der Waals surface area contributed by atoms with Crippen LogP contribution in [0.5, 0.6) is 11.5 Å². The molecule has 0 spiro atoms. The highest BCUT2D eigenvalue weighted by molar-refractivity contribution is 8.00. The Bertz CT molecular complexity index is 1380. The SMILES string of the molecule is CCSc1nsc(NC(=O)C(Sc2ccc(NC(=O)c3ccc(OC)c(OC)c3)cc2)c2ccccc2)n1. The molecule has 2 N–H and O–H groups in total. The standard InChI is InChI=1S/C27H26N4O4S3/c1-4-36-27-30-26(38-31-27)29-25(33)23(17-8-6-5-7-9-17)37-20-13-11-19(12-14-20)28-24(32)18-10-15-21(34-2)22(16-18)35-3/h5-16,23H,4H2,1-3H3,(H,28,32)(H,29,30,31,33). The molecule has 0 saturated heterocycles. The summed E-state index contributed by atoms with van der Waals surface area (Å²) in [6, 6.07) is 21.9. The van der Waals surface area contributed by atoms with Crippen LogP contribution in [-0.2, 0) is 4.79 Å². The van der Waals surface area contributed by atoms with Gasteiger partial charge in [0.15, 0.2) is 11.5 Å². The van der Waals surface area contributed by atoms with Crippen molar-refractivity contribution in [1.82, 2.24) is 9.36 Å². The minimum atomic E-state index is -0.505. The largest absolute Gasteiger partial charge is 0.493 e. The topological polar surface area (TPSA) is 102 Å². The second kappa shape index (κ2) is 13.3. The van der Waals surface area contributed by atoms with E-state index in [1.807, 2.05) is 49.4 Å². The van der Waals surface area contributed by atoms with Crippen LogP contribution in [0.2, 0.25) is 0 Å². The number of benzene rings is 3. The second-order valence-corrected chi connectivity index (χ2v) is 10.9. The Morgan fingerprint density at radius 3 is 2.37 bits per heavy atom. The van der Waals surface area contributed by atoms with Crippen LogP contribution in [0.15, 0.2) is 82.8 Å². The molecule has 0 aliphatic heterocycles. The molecule has 0 radical (unpaired) electrons. The summed E-state index contributed by atoms with van der Waals surface area (Å²) in [7, 11) is 3.07. The number of rotatable bonds is 11. The van der Waals surface area contributed by atoms with Crippen molar-refractivity contribution in [3.63, 3.8) is 0 Å². The van der Waals surface area contributed by atoms with Gasteiger partial charge >= 0.3 is 0 Å². The molecule has 1 aromatic heterocycles. The van der Waals surface area contributed by atoms with E-state index in [0.29, 0.717) is 33.0 Å². The number of anilines is 2.